The van der Waals surface area contributed by atoms with Gasteiger partial charge in [-0.3, -0.25) is 0 Å². The van der Waals surface area contributed by atoms with Crippen molar-refractivity contribution in [3.05, 3.63) is 54.3 Å². The topological polar surface area (TPSA) is 21.7 Å². The number of hydrogen-bond donors (Lipinski definition) is 0. The SMILES string of the molecule is COC=CC[C@H]1[C@@H](OC/C=C/c2ccccc2)CC[C@@H]1N1CCCCC1. The number of allylic oxidation sites excluding steroid dienone is 1. The molecule has 26 heavy (non-hydrogen) atoms. The molecule has 1 heterocycles. The van der Waals surface area contributed by atoms with E-state index in [-0.39, 0.29) is 0 Å². The molecule has 3 rings (SSSR count). The van der Waals surface area contributed by atoms with Crippen molar-refractivity contribution < 1.29 is 9.47 Å². The lowest BCUT2D eigenvalue weighted by atomic mass is 9.94. The minimum Gasteiger partial charge on any atom is -0.505 e. The van der Waals surface area contributed by atoms with Gasteiger partial charge in [-0.2, -0.15) is 0 Å². The number of likely N-dealkylation sites (tertiary alicyclic amines) is 1. The summed E-state index contributed by atoms with van der Waals surface area (Å²) in [7, 11) is 1.72. The number of hydrogen-bond acceptors (Lipinski definition) is 3. The third-order valence-electron chi connectivity index (χ3n) is 5.74. The predicted molar refractivity (Wildman–Crippen MR) is 108 cm³/mol. The smallest absolute Gasteiger partial charge is 0.0784 e. The molecule has 3 heteroatoms. The Morgan fingerprint density at radius 1 is 1.04 bits per heavy atom. The van der Waals surface area contributed by atoms with E-state index >= 15 is 0 Å². The maximum absolute atomic E-state index is 6.30. The van der Waals surface area contributed by atoms with E-state index in [0.29, 0.717) is 24.7 Å². The van der Waals surface area contributed by atoms with Gasteiger partial charge in [-0.1, -0.05) is 48.9 Å². The molecule has 0 unspecified atom stereocenters. The third-order valence-corrected chi connectivity index (χ3v) is 5.74. The number of benzene rings is 1. The van der Waals surface area contributed by atoms with Gasteiger partial charge in [-0.25, -0.2) is 0 Å². The van der Waals surface area contributed by atoms with Crippen LogP contribution in [0.5, 0.6) is 0 Å². The number of nitrogens with zero attached hydrogens (tertiary/aromatic N) is 1. The fourth-order valence-corrected chi connectivity index (χ4v) is 4.47. The van der Waals surface area contributed by atoms with Crippen molar-refractivity contribution in [3.8, 4) is 0 Å². The summed E-state index contributed by atoms with van der Waals surface area (Å²) in [6.45, 7) is 3.21. The van der Waals surface area contributed by atoms with Gasteiger partial charge in [0.15, 0.2) is 0 Å². The molecule has 0 radical (unpaired) electrons. The second kappa shape index (κ2) is 10.5. The van der Waals surface area contributed by atoms with Gasteiger partial charge in [-0.15, -0.1) is 0 Å². The maximum Gasteiger partial charge on any atom is 0.0784 e. The fourth-order valence-electron chi connectivity index (χ4n) is 4.47. The number of ether oxygens (including phenoxy) is 2. The lowest BCUT2D eigenvalue weighted by Crippen LogP contribution is -2.43. The molecule has 3 nitrogen and oxygen atoms in total. The molecule has 2 aliphatic rings. The molecule has 0 bridgehead atoms. The molecule has 1 aromatic carbocycles. The van der Waals surface area contributed by atoms with Crippen molar-refractivity contribution in [2.75, 3.05) is 26.8 Å². The van der Waals surface area contributed by atoms with Crippen LogP contribution in [0.1, 0.15) is 44.1 Å². The molecule has 2 fully saturated rings. The molecule has 1 aromatic rings. The second-order valence-electron chi connectivity index (χ2n) is 7.43. The summed E-state index contributed by atoms with van der Waals surface area (Å²) < 4.78 is 11.4. The highest BCUT2D eigenvalue weighted by molar-refractivity contribution is 5.48. The van der Waals surface area contributed by atoms with Crippen LogP contribution in [0.25, 0.3) is 6.08 Å². The molecule has 0 amide bonds. The summed E-state index contributed by atoms with van der Waals surface area (Å²) in [4.78, 5) is 2.72. The molecule has 142 valence electrons. The van der Waals surface area contributed by atoms with Gasteiger partial charge in [-0.05, 0) is 56.8 Å². The summed E-state index contributed by atoms with van der Waals surface area (Å²) in [5, 5.41) is 0. The molecule has 1 saturated carbocycles. The van der Waals surface area contributed by atoms with Crippen LogP contribution in [0.15, 0.2) is 48.7 Å². The highest BCUT2D eigenvalue weighted by atomic mass is 16.5. The first-order valence-electron chi connectivity index (χ1n) is 10.1. The van der Waals surface area contributed by atoms with Crippen molar-refractivity contribution in [3.63, 3.8) is 0 Å². The van der Waals surface area contributed by atoms with E-state index in [0.717, 1.165) is 6.42 Å². The van der Waals surface area contributed by atoms with Gasteiger partial charge in [0, 0.05) is 12.0 Å². The van der Waals surface area contributed by atoms with E-state index in [9.17, 15) is 0 Å². The second-order valence-corrected chi connectivity index (χ2v) is 7.43. The standard InChI is InChI=1S/C23H33NO2/c1-25-18-9-13-21-22(24-16-6-3-7-17-24)14-15-23(21)26-19-8-12-20-10-4-2-5-11-20/h2,4-5,8-12,18,21-23H,3,6-7,13-17,19H2,1H3/b12-8+,18-9?/t21-,22+,23+/m1/s1. The van der Waals surface area contributed by atoms with Gasteiger partial charge >= 0.3 is 0 Å². The van der Waals surface area contributed by atoms with Crippen LogP contribution in [0.4, 0.5) is 0 Å². The molecular formula is C23H33NO2. The largest absolute Gasteiger partial charge is 0.505 e. The Morgan fingerprint density at radius 3 is 2.62 bits per heavy atom. The molecule has 0 N–H and O–H groups in total. The monoisotopic (exact) mass is 355 g/mol. The zero-order chi connectivity index (χ0) is 18.0. The number of piperidine rings is 1. The molecular weight excluding hydrogens is 322 g/mol. The molecule has 0 spiro atoms. The maximum atomic E-state index is 6.30. The Bertz CT molecular complexity index is 563. The number of rotatable bonds is 8. The Labute approximate surface area is 158 Å². The molecule has 1 aliphatic heterocycles. The van der Waals surface area contributed by atoms with Crippen LogP contribution in [-0.2, 0) is 9.47 Å². The first kappa shape index (κ1) is 19.2. The first-order valence-corrected chi connectivity index (χ1v) is 10.1. The average Bonchev–Trinajstić information content (AvgIpc) is 3.10. The normalized spacial score (nSPS) is 27.5. The fraction of sp³-hybridized carbons (Fsp3) is 0.565. The van der Waals surface area contributed by atoms with Crippen molar-refractivity contribution in [1.29, 1.82) is 0 Å². The van der Waals surface area contributed by atoms with Crippen LogP contribution >= 0.6 is 0 Å². The van der Waals surface area contributed by atoms with Crippen LogP contribution in [-0.4, -0.2) is 43.9 Å². The van der Waals surface area contributed by atoms with Crippen LogP contribution < -0.4 is 0 Å². The summed E-state index contributed by atoms with van der Waals surface area (Å²) >= 11 is 0. The van der Waals surface area contributed by atoms with E-state index in [2.05, 4.69) is 47.4 Å². The Kier molecular flexibility index (Phi) is 7.78. The molecule has 0 aromatic heterocycles. The summed E-state index contributed by atoms with van der Waals surface area (Å²) in [5.41, 5.74) is 1.23. The molecule has 3 atom stereocenters. The molecule has 1 aliphatic carbocycles. The Hall–Kier alpha value is -1.58. The van der Waals surface area contributed by atoms with E-state index in [1.807, 2.05) is 12.3 Å². The van der Waals surface area contributed by atoms with Crippen molar-refractivity contribution >= 4 is 6.08 Å². The predicted octanol–water partition coefficient (Wildman–Crippen LogP) is 4.90. The third kappa shape index (κ3) is 5.46. The average molecular weight is 356 g/mol. The summed E-state index contributed by atoms with van der Waals surface area (Å²) in [6, 6.07) is 11.1. The minimum absolute atomic E-state index is 0.351. The Balaban J connectivity index is 1.55. The van der Waals surface area contributed by atoms with E-state index < -0.39 is 0 Å². The lowest BCUT2D eigenvalue weighted by Gasteiger charge is -2.36. The highest BCUT2D eigenvalue weighted by Gasteiger charge is 2.39. The van der Waals surface area contributed by atoms with Crippen molar-refractivity contribution in [1.82, 2.24) is 4.90 Å². The van der Waals surface area contributed by atoms with Gasteiger partial charge in [0.05, 0.1) is 26.1 Å². The zero-order valence-electron chi connectivity index (χ0n) is 16.1. The quantitative estimate of drug-likeness (QED) is 0.619. The Morgan fingerprint density at radius 2 is 1.85 bits per heavy atom. The van der Waals surface area contributed by atoms with E-state index in [1.165, 1.54) is 50.8 Å². The van der Waals surface area contributed by atoms with Crippen LogP contribution in [0.2, 0.25) is 0 Å². The lowest BCUT2D eigenvalue weighted by molar-refractivity contribution is 0.0241. The van der Waals surface area contributed by atoms with Crippen LogP contribution in [0.3, 0.4) is 0 Å². The van der Waals surface area contributed by atoms with Gasteiger partial charge in [0.2, 0.25) is 0 Å². The van der Waals surface area contributed by atoms with Crippen molar-refractivity contribution in [2.24, 2.45) is 5.92 Å². The number of methoxy groups -OCH3 is 1. The van der Waals surface area contributed by atoms with Crippen molar-refractivity contribution in [2.45, 2.75) is 50.7 Å². The summed E-state index contributed by atoms with van der Waals surface area (Å²) in [6.07, 6.45) is 16.2. The van der Waals surface area contributed by atoms with Gasteiger partial charge in [0.1, 0.15) is 0 Å². The van der Waals surface area contributed by atoms with Gasteiger partial charge in [0.25, 0.3) is 0 Å². The zero-order valence-corrected chi connectivity index (χ0v) is 16.1. The van der Waals surface area contributed by atoms with E-state index in [4.69, 9.17) is 9.47 Å². The van der Waals surface area contributed by atoms with Gasteiger partial charge < -0.3 is 14.4 Å². The summed E-state index contributed by atoms with van der Waals surface area (Å²) in [5.74, 6) is 0.574. The minimum atomic E-state index is 0.351. The van der Waals surface area contributed by atoms with E-state index in [1.54, 1.807) is 7.11 Å². The first-order chi connectivity index (χ1) is 12.9. The molecule has 1 saturated heterocycles. The van der Waals surface area contributed by atoms with Crippen LogP contribution in [0, 0.1) is 5.92 Å². The highest BCUT2D eigenvalue weighted by Crippen LogP contribution is 2.36.